The summed E-state index contributed by atoms with van der Waals surface area (Å²) in [4.78, 5) is 23.4. The highest BCUT2D eigenvalue weighted by Crippen LogP contribution is 2.21. The zero-order valence-corrected chi connectivity index (χ0v) is 13.6. The van der Waals surface area contributed by atoms with Gasteiger partial charge in [-0.05, 0) is 35.0 Å². The Bertz CT molecular complexity index is 702. The fourth-order valence-corrected chi connectivity index (χ4v) is 2.47. The average molecular weight is 366 g/mol. The van der Waals surface area contributed by atoms with Gasteiger partial charge < -0.3 is 15.2 Å². The van der Waals surface area contributed by atoms with Crippen molar-refractivity contribution in [2.45, 2.75) is 12.5 Å². The summed E-state index contributed by atoms with van der Waals surface area (Å²) >= 11 is 3.40. The van der Waals surface area contributed by atoms with E-state index in [9.17, 15) is 9.59 Å². The van der Waals surface area contributed by atoms with E-state index >= 15 is 0 Å². The Morgan fingerprint density at radius 2 is 1.91 bits per heavy atom. The minimum Gasteiger partial charge on any atom is -0.480 e. The highest BCUT2D eigenvalue weighted by Gasteiger charge is 2.20. The quantitative estimate of drug-likeness (QED) is 0.825. The van der Waals surface area contributed by atoms with Crippen LogP contribution in [0.3, 0.4) is 0 Å². The zero-order chi connectivity index (χ0) is 16.1. The number of fused-ring (bicyclic) bond motifs is 1. The minimum absolute atomic E-state index is 0.220. The first-order valence-corrected chi connectivity index (χ1v) is 7.52. The van der Waals surface area contributed by atoms with Gasteiger partial charge in [-0.2, -0.15) is 0 Å². The van der Waals surface area contributed by atoms with E-state index in [0.29, 0.717) is 5.56 Å². The number of carboxylic acids is 1. The molecule has 1 unspecified atom stereocenters. The fourth-order valence-electron chi connectivity index (χ4n) is 2.09. The summed E-state index contributed by atoms with van der Waals surface area (Å²) in [6.07, 6.45) is 0.220. The van der Waals surface area contributed by atoms with Gasteiger partial charge in [-0.15, -0.1) is 0 Å². The van der Waals surface area contributed by atoms with Crippen LogP contribution >= 0.6 is 15.9 Å². The standard InChI is InChI=1S/C16H16BrNO4/c1-22-7-6-14(16(20)21)18-15(19)12-3-2-11-9-13(17)5-4-10(11)8-12/h2-5,8-9,14H,6-7H2,1H3,(H,18,19)(H,20,21). The summed E-state index contributed by atoms with van der Waals surface area (Å²) in [5.41, 5.74) is 0.429. The van der Waals surface area contributed by atoms with Crippen LogP contribution in [0.5, 0.6) is 0 Å². The van der Waals surface area contributed by atoms with Crippen LogP contribution in [-0.4, -0.2) is 36.7 Å². The van der Waals surface area contributed by atoms with E-state index in [-0.39, 0.29) is 13.0 Å². The molecule has 0 fully saturated rings. The first-order valence-electron chi connectivity index (χ1n) is 6.73. The van der Waals surface area contributed by atoms with Gasteiger partial charge in [0.1, 0.15) is 6.04 Å². The maximum absolute atomic E-state index is 12.2. The molecule has 0 saturated heterocycles. The number of halogens is 1. The van der Waals surface area contributed by atoms with E-state index in [4.69, 9.17) is 9.84 Å². The summed E-state index contributed by atoms with van der Waals surface area (Å²) in [5, 5.41) is 13.6. The molecule has 0 heterocycles. The molecule has 22 heavy (non-hydrogen) atoms. The van der Waals surface area contributed by atoms with Crippen molar-refractivity contribution in [3.05, 3.63) is 46.4 Å². The van der Waals surface area contributed by atoms with Gasteiger partial charge in [-0.1, -0.05) is 28.1 Å². The third kappa shape index (κ3) is 4.05. The van der Waals surface area contributed by atoms with Crippen molar-refractivity contribution in [2.75, 3.05) is 13.7 Å². The summed E-state index contributed by atoms with van der Waals surface area (Å²) in [6.45, 7) is 0.267. The number of nitrogens with one attached hydrogen (secondary N) is 1. The second kappa shape index (κ2) is 7.38. The number of hydrogen-bond acceptors (Lipinski definition) is 3. The molecular formula is C16H16BrNO4. The molecule has 1 amide bonds. The lowest BCUT2D eigenvalue weighted by molar-refractivity contribution is -0.139. The highest BCUT2D eigenvalue weighted by atomic mass is 79.9. The van der Waals surface area contributed by atoms with Gasteiger partial charge in [0, 0.05) is 30.2 Å². The second-order valence-corrected chi connectivity index (χ2v) is 5.77. The lowest BCUT2D eigenvalue weighted by Crippen LogP contribution is -2.41. The predicted molar refractivity (Wildman–Crippen MR) is 87.0 cm³/mol. The monoisotopic (exact) mass is 365 g/mol. The van der Waals surface area contributed by atoms with Gasteiger partial charge in [-0.25, -0.2) is 4.79 Å². The number of carboxylic acid groups (broad SMARTS) is 1. The summed E-state index contributed by atoms with van der Waals surface area (Å²) in [7, 11) is 1.49. The SMILES string of the molecule is COCCC(NC(=O)c1ccc2cc(Br)ccc2c1)C(=O)O. The number of carbonyl (C=O) groups is 2. The first-order chi connectivity index (χ1) is 10.5. The molecule has 2 N–H and O–H groups in total. The molecule has 0 spiro atoms. The van der Waals surface area contributed by atoms with Gasteiger partial charge in [-0.3, -0.25) is 4.79 Å². The second-order valence-electron chi connectivity index (χ2n) is 4.85. The number of aliphatic carboxylic acids is 1. The van der Waals surface area contributed by atoms with Crippen LogP contribution in [0.4, 0.5) is 0 Å². The van der Waals surface area contributed by atoms with E-state index in [1.807, 2.05) is 24.3 Å². The van der Waals surface area contributed by atoms with Crippen molar-refractivity contribution in [2.24, 2.45) is 0 Å². The number of methoxy groups -OCH3 is 1. The van der Waals surface area contributed by atoms with Crippen LogP contribution in [0.1, 0.15) is 16.8 Å². The molecule has 6 heteroatoms. The van der Waals surface area contributed by atoms with Gasteiger partial charge in [0.15, 0.2) is 0 Å². The molecule has 0 saturated carbocycles. The van der Waals surface area contributed by atoms with E-state index in [1.165, 1.54) is 7.11 Å². The maximum atomic E-state index is 12.2. The number of ether oxygens (including phenoxy) is 1. The number of benzene rings is 2. The molecule has 0 bridgehead atoms. The average Bonchev–Trinajstić information content (AvgIpc) is 2.50. The predicted octanol–water partition coefficient (Wildman–Crippen LogP) is 2.82. The van der Waals surface area contributed by atoms with Gasteiger partial charge in [0.25, 0.3) is 5.91 Å². The number of carbonyl (C=O) groups excluding carboxylic acids is 1. The Labute approximate surface area is 136 Å². The van der Waals surface area contributed by atoms with Gasteiger partial charge in [0.05, 0.1) is 0 Å². The third-order valence-electron chi connectivity index (χ3n) is 3.28. The summed E-state index contributed by atoms with van der Waals surface area (Å²) < 4.78 is 5.82. The third-order valence-corrected chi connectivity index (χ3v) is 3.77. The van der Waals surface area contributed by atoms with Crippen LogP contribution < -0.4 is 5.32 Å². The molecule has 2 aromatic carbocycles. The Balaban J connectivity index is 2.17. The van der Waals surface area contributed by atoms with Crippen LogP contribution in [0, 0.1) is 0 Å². The van der Waals surface area contributed by atoms with Gasteiger partial charge >= 0.3 is 5.97 Å². The highest BCUT2D eigenvalue weighted by molar-refractivity contribution is 9.10. The van der Waals surface area contributed by atoms with Crippen LogP contribution in [0.15, 0.2) is 40.9 Å². The Kier molecular flexibility index (Phi) is 5.51. The summed E-state index contributed by atoms with van der Waals surface area (Å²) in [6, 6.07) is 10.0. The number of amides is 1. The molecule has 2 rings (SSSR count). The molecular weight excluding hydrogens is 350 g/mol. The first kappa shape index (κ1) is 16.5. The van der Waals surface area contributed by atoms with E-state index in [0.717, 1.165) is 15.2 Å². The largest absolute Gasteiger partial charge is 0.480 e. The van der Waals surface area contributed by atoms with E-state index in [1.54, 1.807) is 12.1 Å². The van der Waals surface area contributed by atoms with E-state index in [2.05, 4.69) is 21.2 Å². The number of hydrogen-bond donors (Lipinski definition) is 2. The van der Waals surface area contributed by atoms with Crippen molar-refractivity contribution in [1.82, 2.24) is 5.32 Å². The summed E-state index contributed by atoms with van der Waals surface area (Å²) in [5.74, 6) is -1.48. The van der Waals surface area contributed by atoms with E-state index < -0.39 is 17.9 Å². The maximum Gasteiger partial charge on any atom is 0.326 e. The molecule has 1 atom stereocenters. The number of rotatable bonds is 6. The lowest BCUT2D eigenvalue weighted by atomic mass is 10.1. The van der Waals surface area contributed by atoms with Crippen molar-refractivity contribution < 1.29 is 19.4 Å². The molecule has 0 aliphatic carbocycles. The van der Waals surface area contributed by atoms with Crippen molar-refractivity contribution >= 4 is 38.6 Å². The van der Waals surface area contributed by atoms with Crippen molar-refractivity contribution in [3.63, 3.8) is 0 Å². The molecule has 0 aromatic heterocycles. The van der Waals surface area contributed by atoms with Crippen molar-refractivity contribution in [1.29, 1.82) is 0 Å². The molecule has 0 aliphatic heterocycles. The Hall–Kier alpha value is -1.92. The molecule has 116 valence electrons. The lowest BCUT2D eigenvalue weighted by Gasteiger charge is -2.14. The van der Waals surface area contributed by atoms with Gasteiger partial charge in [0.2, 0.25) is 0 Å². The molecule has 2 aromatic rings. The topological polar surface area (TPSA) is 75.6 Å². The van der Waals surface area contributed by atoms with Crippen LogP contribution in [0.2, 0.25) is 0 Å². The Morgan fingerprint density at radius 1 is 1.23 bits per heavy atom. The Morgan fingerprint density at radius 3 is 2.59 bits per heavy atom. The normalized spacial score (nSPS) is 12.1. The zero-order valence-electron chi connectivity index (χ0n) is 12.0. The van der Waals surface area contributed by atoms with Crippen molar-refractivity contribution in [3.8, 4) is 0 Å². The minimum atomic E-state index is -1.07. The molecule has 0 aliphatic rings. The smallest absolute Gasteiger partial charge is 0.326 e. The molecule has 0 radical (unpaired) electrons. The molecule has 5 nitrogen and oxygen atoms in total. The van der Waals surface area contributed by atoms with Crippen LogP contribution in [-0.2, 0) is 9.53 Å². The fraction of sp³-hybridized carbons (Fsp3) is 0.250. The van der Waals surface area contributed by atoms with Crippen LogP contribution in [0.25, 0.3) is 10.8 Å².